The van der Waals surface area contributed by atoms with Crippen LogP contribution in [-0.4, -0.2) is 6.61 Å². The zero-order chi connectivity index (χ0) is 15.6. The van der Waals surface area contributed by atoms with Crippen LogP contribution in [-0.2, 0) is 0 Å². The van der Waals surface area contributed by atoms with Gasteiger partial charge in [-0.25, -0.2) is 0 Å². The maximum Gasteiger partial charge on any atom is 0.119 e. The Morgan fingerprint density at radius 2 is 1.48 bits per heavy atom. The van der Waals surface area contributed by atoms with Crippen molar-refractivity contribution in [2.45, 2.75) is 45.4 Å². The molecule has 0 heterocycles. The summed E-state index contributed by atoms with van der Waals surface area (Å²) < 4.78 is 7.11. The first-order chi connectivity index (χ1) is 10.8. The number of ether oxygens (including phenoxy) is 1. The molecule has 0 bridgehead atoms. The summed E-state index contributed by atoms with van der Waals surface area (Å²) in [6.07, 6.45) is 7.80. The maximum atomic E-state index is 5.83. The highest BCUT2D eigenvalue weighted by Gasteiger charge is 2.02. The summed E-state index contributed by atoms with van der Waals surface area (Å²) in [7, 11) is 0. The quantitative estimate of drug-likeness (QED) is 0.295. The average molecular weight is 445 g/mol. The second-order valence-electron chi connectivity index (χ2n) is 5.62. The maximum absolute atomic E-state index is 5.83. The zero-order valence-electron chi connectivity index (χ0n) is 13.8. The van der Waals surface area contributed by atoms with Crippen LogP contribution in [0.1, 0.15) is 45.4 Å². The van der Waals surface area contributed by atoms with E-state index in [0.717, 1.165) is 18.8 Å². The molecule has 0 unspecified atom stereocenters. The molecule has 0 amide bonds. The lowest BCUT2D eigenvalue weighted by atomic mass is 10.1. The lowest BCUT2D eigenvalue weighted by Crippen LogP contribution is -1.97. The van der Waals surface area contributed by atoms with E-state index in [9.17, 15) is 0 Å². The lowest BCUT2D eigenvalue weighted by molar-refractivity contribution is 0.304. The van der Waals surface area contributed by atoms with Gasteiger partial charge in [0.15, 0.2) is 0 Å². The van der Waals surface area contributed by atoms with Crippen LogP contribution in [0.2, 0.25) is 0 Å². The van der Waals surface area contributed by atoms with Crippen molar-refractivity contribution < 1.29 is 4.74 Å². The van der Waals surface area contributed by atoms with Gasteiger partial charge in [-0.05, 0) is 58.3 Å². The molecule has 0 aliphatic carbocycles. The molecule has 3 heteroatoms. The van der Waals surface area contributed by atoms with Gasteiger partial charge in [-0.15, -0.1) is 12.4 Å². The van der Waals surface area contributed by atoms with Crippen molar-refractivity contribution in [3.8, 4) is 16.9 Å². The number of benzene rings is 2. The topological polar surface area (TPSA) is 9.23 Å². The highest BCUT2D eigenvalue weighted by atomic mass is 127. The van der Waals surface area contributed by atoms with Crippen LogP contribution in [0.3, 0.4) is 0 Å². The monoisotopic (exact) mass is 444 g/mol. The summed E-state index contributed by atoms with van der Waals surface area (Å²) in [6, 6.07) is 16.9. The Hall–Kier alpha value is -0.740. The Bertz CT molecular complexity index is 554. The first kappa shape index (κ1) is 20.3. The van der Waals surface area contributed by atoms with Gasteiger partial charge in [0.25, 0.3) is 0 Å². The molecule has 23 heavy (non-hydrogen) atoms. The molecule has 0 aliphatic heterocycles. The van der Waals surface area contributed by atoms with Crippen LogP contribution in [0.4, 0.5) is 0 Å². The predicted molar refractivity (Wildman–Crippen MR) is 111 cm³/mol. The van der Waals surface area contributed by atoms with E-state index in [1.807, 2.05) is 0 Å². The van der Waals surface area contributed by atoms with E-state index in [1.165, 1.54) is 46.8 Å². The normalized spacial score (nSPS) is 10.2. The van der Waals surface area contributed by atoms with Crippen molar-refractivity contribution >= 4 is 35.0 Å². The van der Waals surface area contributed by atoms with E-state index in [0.29, 0.717) is 0 Å². The minimum absolute atomic E-state index is 0. The largest absolute Gasteiger partial charge is 0.494 e. The highest BCUT2D eigenvalue weighted by molar-refractivity contribution is 14.1. The van der Waals surface area contributed by atoms with E-state index in [1.54, 1.807) is 0 Å². The van der Waals surface area contributed by atoms with Gasteiger partial charge >= 0.3 is 0 Å². The molecule has 0 aliphatic rings. The fourth-order valence-corrected chi connectivity index (χ4v) is 3.20. The number of unbranched alkanes of at least 4 members (excludes halogenated alkanes) is 5. The molecule has 0 atom stereocenters. The Labute approximate surface area is 160 Å². The lowest BCUT2D eigenvalue weighted by Gasteiger charge is -2.08. The van der Waals surface area contributed by atoms with Crippen molar-refractivity contribution in [1.29, 1.82) is 0 Å². The minimum Gasteiger partial charge on any atom is -0.494 e. The first-order valence-electron chi connectivity index (χ1n) is 8.29. The van der Waals surface area contributed by atoms with E-state index in [2.05, 4.69) is 78.0 Å². The van der Waals surface area contributed by atoms with Crippen LogP contribution < -0.4 is 4.74 Å². The SMILES string of the molecule is CCCCCCCCOc1ccc(-c2ccccc2I)cc1.Cl. The van der Waals surface area contributed by atoms with Crippen LogP contribution in [0, 0.1) is 3.57 Å². The first-order valence-corrected chi connectivity index (χ1v) is 9.37. The van der Waals surface area contributed by atoms with E-state index < -0.39 is 0 Å². The van der Waals surface area contributed by atoms with Gasteiger partial charge in [-0.1, -0.05) is 69.4 Å². The zero-order valence-corrected chi connectivity index (χ0v) is 16.7. The third-order valence-electron chi connectivity index (χ3n) is 3.81. The molecule has 2 aromatic rings. The number of rotatable bonds is 9. The molecule has 0 fully saturated rings. The summed E-state index contributed by atoms with van der Waals surface area (Å²) >= 11 is 2.38. The molecule has 0 N–H and O–H groups in total. The number of hydrogen-bond acceptors (Lipinski definition) is 1. The van der Waals surface area contributed by atoms with Crippen LogP contribution >= 0.6 is 35.0 Å². The van der Waals surface area contributed by atoms with Crippen molar-refractivity contribution in [3.05, 3.63) is 52.1 Å². The van der Waals surface area contributed by atoms with Gasteiger partial charge in [0.1, 0.15) is 5.75 Å². The fraction of sp³-hybridized carbons (Fsp3) is 0.400. The van der Waals surface area contributed by atoms with Gasteiger partial charge in [-0.3, -0.25) is 0 Å². The molecule has 0 saturated heterocycles. The molecule has 0 spiro atoms. The van der Waals surface area contributed by atoms with Crippen molar-refractivity contribution in [3.63, 3.8) is 0 Å². The summed E-state index contributed by atoms with van der Waals surface area (Å²) in [5.74, 6) is 0.975. The molecular formula is C20H26ClIO. The average Bonchev–Trinajstić information content (AvgIpc) is 2.55. The van der Waals surface area contributed by atoms with Crippen molar-refractivity contribution in [2.24, 2.45) is 0 Å². The van der Waals surface area contributed by atoms with E-state index in [4.69, 9.17) is 4.74 Å². The number of hydrogen-bond donors (Lipinski definition) is 0. The molecule has 0 radical (unpaired) electrons. The van der Waals surface area contributed by atoms with Crippen LogP contribution in [0.5, 0.6) is 5.75 Å². The molecule has 2 rings (SSSR count). The fourth-order valence-electron chi connectivity index (χ4n) is 2.50. The van der Waals surface area contributed by atoms with Gasteiger partial charge < -0.3 is 4.74 Å². The summed E-state index contributed by atoms with van der Waals surface area (Å²) in [6.45, 7) is 3.08. The molecule has 126 valence electrons. The number of halogens is 2. The standard InChI is InChI=1S/C20H25IO.ClH/c1-2-3-4-5-6-9-16-22-18-14-12-17(13-15-18)19-10-7-8-11-20(19)21;/h7-8,10-15H,2-6,9,16H2,1H3;1H. The summed E-state index contributed by atoms with van der Waals surface area (Å²) in [5.41, 5.74) is 2.53. The summed E-state index contributed by atoms with van der Waals surface area (Å²) in [5, 5.41) is 0. The van der Waals surface area contributed by atoms with Gasteiger partial charge in [0.05, 0.1) is 6.61 Å². The Balaban J connectivity index is 0.00000264. The molecule has 1 nitrogen and oxygen atoms in total. The smallest absolute Gasteiger partial charge is 0.119 e. The third-order valence-corrected chi connectivity index (χ3v) is 4.75. The highest BCUT2D eigenvalue weighted by Crippen LogP contribution is 2.26. The van der Waals surface area contributed by atoms with Gasteiger partial charge in [0.2, 0.25) is 0 Å². The molecular weight excluding hydrogens is 419 g/mol. The van der Waals surface area contributed by atoms with Crippen molar-refractivity contribution in [1.82, 2.24) is 0 Å². The Morgan fingerprint density at radius 1 is 0.826 bits per heavy atom. The second kappa shape index (κ2) is 11.7. The summed E-state index contributed by atoms with van der Waals surface area (Å²) in [4.78, 5) is 0. The van der Waals surface area contributed by atoms with Gasteiger partial charge in [0, 0.05) is 3.57 Å². The Kier molecular flexibility index (Phi) is 10.4. The molecule has 0 saturated carbocycles. The van der Waals surface area contributed by atoms with Gasteiger partial charge in [-0.2, -0.15) is 0 Å². The van der Waals surface area contributed by atoms with E-state index in [-0.39, 0.29) is 12.4 Å². The Morgan fingerprint density at radius 3 is 2.17 bits per heavy atom. The predicted octanol–water partition coefficient (Wildman–Crippen LogP) is 7.12. The molecule has 0 aromatic heterocycles. The van der Waals surface area contributed by atoms with Crippen LogP contribution in [0.15, 0.2) is 48.5 Å². The van der Waals surface area contributed by atoms with E-state index >= 15 is 0 Å². The van der Waals surface area contributed by atoms with Crippen LogP contribution in [0.25, 0.3) is 11.1 Å². The second-order valence-corrected chi connectivity index (χ2v) is 6.78. The minimum atomic E-state index is 0. The van der Waals surface area contributed by atoms with Crippen molar-refractivity contribution in [2.75, 3.05) is 6.61 Å². The third kappa shape index (κ3) is 7.13. The molecule has 2 aromatic carbocycles.